The molecule has 0 saturated carbocycles. The predicted octanol–water partition coefficient (Wildman–Crippen LogP) is -2.08. The van der Waals surface area contributed by atoms with Crippen molar-refractivity contribution in [2.75, 3.05) is 13.2 Å². The topological polar surface area (TPSA) is 260 Å². The molecule has 2 fully saturated rings. The summed E-state index contributed by atoms with van der Waals surface area (Å²) in [5.41, 5.74) is -1.08. The van der Waals surface area contributed by atoms with E-state index in [4.69, 9.17) is 18.6 Å². The van der Waals surface area contributed by atoms with E-state index in [9.17, 15) is 55.9 Å². The second-order valence-electron chi connectivity index (χ2n) is 10.2. The van der Waals surface area contributed by atoms with Gasteiger partial charge in [-0.1, -0.05) is 0 Å². The van der Waals surface area contributed by atoms with Gasteiger partial charge in [-0.15, -0.1) is 0 Å². The summed E-state index contributed by atoms with van der Waals surface area (Å²) in [4.78, 5) is 13.8. The number of aliphatic hydroxyl groups excluding tert-OH is 7. The number of hydrogen-bond donors (Lipinski definition) is 10. The van der Waals surface area contributed by atoms with Crippen LogP contribution in [0.4, 0.5) is 0 Å². The molecule has 15 nitrogen and oxygen atoms in total. The number of rotatable bonds is 6. The van der Waals surface area contributed by atoms with Crippen LogP contribution in [0.3, 0.4) is 0 Å². The Kier molecular flexibility index (Phi) is 8.41. The first kappa shape index (κ1) is 30.1. The van der Waals surface area contributed by atoms with E-state index < -0.39 is 91.4 Å². The van der Waals surface area contributed by atoms with Gasteiger partial charge in [0.1, 0.15) is 72.0 Å². The van der Waals surface area contributed by atoms with Gasteiger partial charge in [0.2, 0.25) is 0 Å². The smallest absolute Gasteiger partial charge is 0.199 e. The molecule has 2 saturated heterocycles. The quantitative estimate of drug-likeness (QED) is 0.137. The summed E-state index contributed by atoms with van der Waals surface area (Å²) in [5, 5.41) is 101. The number of hydrogen-bond acceptors (Lipinski definition) is 15. The number of aliphatic hydroxyl groups is 7. The Hall–Kier alpha value is -3.35. The standard InChI is InChI=1S/C27H30O15/c28-7-15-19(33)22(36)24(38)27(42-15)39-8-16-20(34)21(35)23(37)26(41-16)17-18(32)11-5-12(30)13(31)6-14(11)40-25(17)9-1-3-10(29)4-2-9/h1-6,15-16,19-24,26-31,33-38H,7-8H2/t15-,16-,19-,20-,21+,22+,23-,24-,26+,27-/m1/s1. The van der Waals surface area contributed by atoms with Crippen molar-refractivity contribution in [2.45, 2.75) is 61.2 Å². The van der Waals surface area contributed by atoms with Crippen molar-refractivity contribution < 1.29 is 69.7 Å². The van der Waals surface area contributed by atoms with Crippen LogP contribution in [0.2, 0.25) is 0 Å². The Balaban J connectivity index is 1.53. The van der Waals surface area contributed by atoms with Crippen molar-refractivity contribution in [3.63, 3.8) is 0 Å². The molecule has 2 aliphatic rings. The molecule has 1 aromatic heterocycles. The molecular formula is C27H30O15. The fraction of sp³-hybridized carbons (Fsp3) is 0.444. The monoisotopic (exact) mass is 594 g/mol. The SMILES string of the molecule is O=c1c([C@@H]2O[C@H](CO[C@@H]3O[C@H](CO)[C@@H](O)[C@H](O)[C@H]3O)[C@@H](O)[C@H](O)[C@H]2O)c(-c2ccc(O)cc2)oc2cc(O)c(O)cc12. The Morgan fingerprint density at radius 2 is 1.36 bits per heavy atom. The molecule has 2 aliphatic heterocycles. The van der Waals surface area contributed by atoms with Crippen LogP contribution >= 0.6 is 0 Å². The minimum Gasteiger partial charge on any atom is -0.508 e. The molecule has 0 amide bonds. The number of ether oxygens (including phenoxy) is 3. The van der Waals surface area contributed by atoms with Crippen LogP contribution in [-0.2, 0) is 14.2 Å². The number of aromatic hydroxyl groups is 3. The zero-order valence-electron chi connectivity index (χ0n) is 21.7. The molecule has 0 aliphatic carbocycles. The highest BCUT2D eigenvalue weighted by atomic mass is 16.7. The van der Waals surface area contributed by atoms with Crippen LogP contribution in [0.5, 0.6) is 17.2 Å². The molecule has 42 heavy (non-hydrogen) atoms. The van der Waals surface area contributed by atoms with Gasteiger partial charge < -0.3 is 69.7 Å². The molecule has 3 heterocycles. The van der Waals surface area contributed by atoms with Gasteiger partial charge in [-0.3, -0.25) is 4.79 Å². The second-order valence-corrected chi connectivity index (χ2v) is 10.2. The van der Waals surface area contributed by atoms with Crippen LogP contribution in [0, 0.1) is 0 Å². The van der Waals surface area contributed by atoms with E-state index in [-0.39, 0.29) is 33.6 Å². The van der Waals surface area contributed by atoms with Crippen molar-refractivity contribution in [2.24, 2.45) is 0 Å². The van der Waals surface area contributed by atoms with Gasteiger partial charge in [-0.25, -0.2) is 0 Å². The van der Waals surface area contributed by atoms with Gasteiger partial charge in [0.25, 0.3) is 0 Å². The molecule has 0 spiro atoms. The van der Waals surface area contributed by atoms with Gasteiger partial charge in [0, 0.05) is 11.6 Å². The number of benzene rings is 2. The third kappa shape index (κ3) is 5.31. The lowest BCUT2D eigenvalue weighted by Gasteiger charge is -2.43. The van der Waals surface area contributed by atoms with E-state index in [0.29, 0.717) is 0 Å². The normalized spacial score (nSPS) is 33.6. The fourth-order valence-electron chi connectivity index (χ4n) is 5.04. The lowest BCUT2D eigenvalue weighted by Crippen LogP contribution is -2.60. The average Bonchev–Trinajstić information content (AvgIpc) is 2.97. The zero-order valence-corrected chi connectivity index (χ0v) is 21.7. The van der Waals surface area contributed by atoms with Gasteiger partial charge in [-0.2, -0.15) is 0 Å². The highest BCUT2D eigenvalue weighted by Crippen LogP contribution is 2.40. The second kappa shape index (κ2) is 11.7. The van der Waals surface area contributed by atoms with E-state index in [0.717, 1.165) is 12.1 Å². The van der Waals surface area contributed by atoms with Crippen molar-refractivity contribution in [1.82, 2.24) is 0 Å². The first-order valence-electron chi connectivity index (χ1n) is 12.9. The molecule has 3 aromatic rings. The van der Waals surface area contributed by atoms with Crippen LogP contribution in [0.15, 0.2) is 45.6 Å². The summed E-state index contributed by atoms with van der Waals surface area (Å²) >= 11 is 0. The van der Waals surface area contributed by atoms with E-state index in [1.54, 1.807) is 0 Å². The number of phenols is 3. The van der Waals surface area contributed by atoms with Crippen LogP contribution in [0.1, 0.15) is 11.7 Å². The van der Waals surface area contributed by atoms with Gasteiger partial charge in [0.05, 0.1) is 24.2 Å². The Morgan fingerprint density at radius 1 is 0.738 bits per heavy atom. The lowest BCUT2D eigenvalue weighted by molar-refractivity contribution is -0.314. The molecule has 15 heteroatoms. The van der Waals surface area contributed by atoms with E-state index in [1.807, 2.05) is 0 Å². The van der Waals surface area contributed by atoms with Crippen LogP contribution in [-0.4, -0.2) is 119 Å². The highest BCUT2D eigenvalue weighted by Gasteiger charge is 2.48. The summed E-state index contributed by atoms with van der Waals surface area (Å²) in [6.45, 7) is -1.35. The molecule has 0 unspecified atom stereocenters. The largest absolute Gasteiger partial charge is 0.508 e. The molecule has 5 rings (SSSR count). The minimum atomic E-state index is -1.90. The first-order valence-corrected chi connectivity index (χ1v) is 12.9. The molecule has 2 aromatic carbocycles. The maximum absolute atomic E-state index is 13.8. The maximum atomic E-state index is 13.8. The molecule has 10 atom stereocenters. The average molecular weight is 595 g/mol. The predicted molar refractivity (Wildman–Crippen MR) is 138 cm³/mol. The summed E-state index contributed by atoms with van der Waals surface area (Å²) in [5.74, 6) is -1.50. The number of fused-ring (bicyclic) bond motifs is 1. The molecule has 0 radical (unpaired) electrons. The maximum Gasteiger partial charge on any atom is 0.199 e. The lowest BCUT2D eigenvalue weighted by atomic mass is 9.89. The van der Waals surface area contributed by atoms with Gasteiger partial charge in [0.15, 0.2) is 23.2 Å². The Labute approximate surface area is 236 Å². The number of phenolic OH excluding ortho intramolecular Hbond substituents is 3. The first-order chi connectivity index (χ1) is 19.9. The highest BCUT2D eigenvalue weighted by molar-refractivity contribution is 5.84. The minimum absolute atomic E-state index is 0.107. The van der Waals surface area contributed by atoms with Crippen LogP contribution in [0.25, 0.3) is 22.3 Å². The molecule has 10 N–H and O–H groups in total. The third-order valence-corrected chi connectivity index (χ3v) is 7.42. The molecule has 0 bridgehead atoms. The van der Waals surface area contributed by atoms with Gasteiger partial charge in [-0.05, 0) is 30.3 Å². The summed E-state index contributed by atoms with van der Waals surface area (Å²) in [6.07, 6.45) is -16.8. The Bertz CT molecular complexity index is 1470. The molecule has 228 valence electrons. The van der Waals surface area contributed by atoms with Crippen molar-refractivity contribution in [1.29, 1.82) is 0 Å². The van der Waals surface area contributed by atoms with Crippen molar-refractivity contribution >= 4 is 11.0 Å². The third-order valence-electron chi connectivity index (χ3n) is 7.42. The van der Waals surface area contributed by atoms with Crippen LogP contribution < -0.4 is 5.43 Å². The zero-order chi connectivity index (χ0) is 30.5. The van der Waals surface area contributed by atoms with E-state index in [1.165, 1.54) is 24.3 Å². The van der Waals surface area contributed by atoms with Crippen molar-refractivity contribution in [3.05, 3.63) is 52.2 Å². The summed E-state index contributed by atoms with van der Waals surface area (Å²) < 4.78 is 22.5. The summed E-state index contributed by atoms with van der Waals surface area (Å²) in [6, 6.07) is 7.33. The van der Waals surface area contributed by atoms with E-state index in [2.05, 4.69) is 0 Å². The summed E-state index contributed by atoms with van der Waals surface area (Å²) in [7, 11) is 0. The van der Waals surface area contributed by atoms with E-state index >= 15 is 0 Å². The Morgan fingerprint density at radius 3 is 2.02 bits per heavy atom. The fourth-order valence-corrected chi connectivity index (χ4v) is 5.04. The van der Waals surface area contributed by atoms with Gasteiger partial charge >= 0.3 is 0 Å². The van der Waals surface area contributed by atoms with Crippen molar-refractivity contribution in [3.8, 4) is 28.6 Å². The molecular weight excluding hydrogens is 564 g/mol.